The second kappa shape index (κ2) is 7.65. The Bertz CT molecular complexity index is 1250. The Labute approximate surface area is 174 Å². The summed E-state index contributed by atoms with van der Waals surface area (Å²) in [4.78, 5) is 26.5. The third kappa shape index (κ3) is 3.85. The molecule has 0 saturated carbocycles. The molecule has 0 spiro atoms. The van der Waals surface area contributed by atoms with Gasteiger partial charge in [-0.2, -0.15) is 0 Å². The Balaban J connectivity index is 1.22. The minimum absolute atomic E-state index is 0.116. The van der Waals surface area contributed by atoms with Gasteiger partial charge in [-0.05, 0) is 48.5 Å². The maximum atomic E-state index is 12.3. The molecular weight excluding hydrogens is 404 g/mol. The molecule has 0 aliphatic rings. The smallest absolute Gasteiger partial charge is 0.257 e. The molecule has 0 aliphatic heterocycles. The van der Waals surface area contributed by atoms with Crippen molar-refractivity contribution >= 4 is 56.1 Å². The summed E-state index contributed by atoms with van der Waals surface area (Å²) in [6.07, 6.45) is 1.77. The van der Waals surface area contributed by atoms with Crippen molar-refractivity contribution in [1.82, 2.24) is 15.0 Å². The van der Waals surface area contributed by atoms with Gasteiger partial charge in [0.25, 0.3) is 5.22 Å². The van der Waals surface area contributed by atoms with Gasteiger partial charge in [-0.3, -0.25) is 4.79 Å². The first-order valence-corrected chi connectivity index (χ1v) is 10.6. The zero-order valence-corrected chi connectivity index (χ0v) is 16.7. The lowest BCUT2D eigenvalue weighted by Gasteiger charge is -2.04. The Hall–Kier alpha value is -3.23. The van der Waals surface area contributed by atoms with Crippen LogP contribution in [0.1, 0.15) is 0 Å². The molecular formula is C21H14N4O2S2. The Morgan fingerprint density at radius 2 is 1.83 bits per heavy atom. The number of nitrogens with zero attached hydrogens (tertiary/aromatic N) is 3. The standard InChI is InChI=1S/C21H14N4O2S2/c26-18(12-28-21-25-15-4-1-2-6-17(15)27-21)23-14-9-7-13(8-10-14)19-24-16-5-3-11-22-20(16)29-19/h1-11H,12H2,(H,23,26). The van der Waals surface area contributed by atoms with Crippen LogP contribution in [-0.2, 0) is 4.79 Å². The summed E-state index contributed by atoms with van der Waals surface area (Å²) in [6, 6.07) is 19.0. The van der Waals surface area contributed by atoms with Crippen molar-refractivity contribution in [3.8, 4) is 10.6 Å². The number of carbonyl (C=O) groups is 1. The Morgan fingerprint density at radius 1 is 1.00 bits per heavy atom. The topological polar surface area (TPSA) is 80.9 Å². The van der Waals surface area contributed by atoms with E-state index in [9.17, 15) is 4.79 Å². The van der Waals surface area contributed by atoms with E-state index in [-0.39, 0.29) is 11.7 Å². The molecule has 0 fully saturated rings. The zero-order chi connectivity index (χ0) is 19.6. The molecule has 0 atom stereocenters. The minimum Gasteiger partial charge on any atom is -0.431 e. The van der Waals surface area contributed by atoms with Crippen molar-refractivity contribution in [3.63, 3.8) is 0 Å². The number of amides is 1. The third-order valence-corrected chi connectivity index (χ3v) is 6.04. The molecule has 1 amide bonds. The molecule has 0 radical (unpaired) electrons. The van der Waals surface area contributed by atoms with Crippen molar-refractivity contribution in [1.29, 1.82) is 0 Å². The molecule has 142 valence electrons. The SMILES string of the molecule is O=C(CSc1nc2ccccc2o1)Nc1ccc(-c2nc3cccnc3s2)cc1. The number of thiazole rings is 1. The normalized spacial score (nSPS) is 11.2. The number of pyridine rings is 1. The van der Waals surface area contributed by atoms with Crippen LogP contribution in [0.4, 0.5) is 5.69 Å². The highest BCUT2D eigenvalue weighted by Gasteiger charge is 2.10. The van der Waals surface area contributed by atoms with E-state index in [1.165, 1.54) is 11.8 Å². The molecule has 5 rings (SSSR count). The summed E-state index contributed by atoms with van der Waals surface area (Å²) in [5.41, 5.74) is 4.12. The number of rotatable bonds is 5. The predicted molar refractivity (Wildman–Crippen MR) is 116 cm³/mol. The second-order valence-electron chi connectivity index (χ2n) is 6.21. The van der Waals surface area contributed by atoms with E-state index in [0.29, 0.717) is 5.22 Å². The number of benzene rings is 2. The maximum absolute atomic E-state index is 12.3. The molecule has 2 aromatic carbocycles. The fourth-order valence-electron chi connectivity index (χ4n) is 2.83. The van der Waals surface area contributed by atoms with Crippen LogP contribution in [0.5, 0.6) is 0 Å². The van der Waals surface area contributed by atoms with Crippen molar-refractivity contribution in [2.75, 3.05) is 11.1 Å². The van der Waals surface area contributed by atoms with Crippen molar-refractivity contribution < 1.29 is 9.21 Å². The number of oxazole rings is 1. The van der Waals surface area contributed by atoms with Crippen LogP contribution in [0.25, 0.3) is 32.0 Å². The zero-order valence-electron chi connectivity index (χ0n) is 15.0. The first-order valence-electron chi connectivity index (χ1n) is 8.85. The van der Waals surface area contributed by atoms with E-state index >= 15 is 0 Å². The van der Waals surface area contributed by atoms with Crippen LogP contribution in [0.15, 0.2) is 76.5 Å². The molecule has 1 N–H and O–H groups in total. The monoisotopic (exact) mass is 418 g/mol. The number of carbonyl (C=O) groups excluding carboxylic acids is 1. The van der Waals surface area contributed by atoms with E-state index < -0.39 is 0 Å². The van der Waals surface area contributed by atoms with Gasteiger partial charge >= 0.3 is 0 Å². The lowest BCUT2D eigenvalue weighted by molar-refractivity contribution is -0.113. The fraction of sp³-hybridized carbons (Fsp3) is 0.0476. The van der Waals surface area contributed by atoms with Crippen LogP contribution < -0.4 is 5.32 Å². The van der Waals surface area contributed by atoms with Gasteiger partial charge < -0.3 is 9.73 Å². The number of anilines is 1. The molecule has 8 heteroatoms. The molecule has 0 bridgehead atoms. The van der Waals surface area contributed by atoms with E-state index in [1.54, 1.807) is 17.5 Å². The van der Waals surface area contributed by atoms with Crippen molar-refractivity contribution in [3.05, 3.63) is 66.9 Å². The quantitative estimate of drug-likeness (QED) is 0.394. The summed E-state index contributed by atoms with van der Waals surface area (Å²) in [5, 5.41) is 4.29. The number of fused-ring (bicyclic) bond motifs is 2. The molecule has 3 aromatic heterocycles. The van der Waals surface area contributed by atoms with E-state index in [1.807, 2.05) is 60.7 Å². The van der Waals surface area contributed by atoms with Crippen molar-refractivity contribution in [2.24, 2.45) is 0 Å². The van der Waals surface area contributed by atoms with Crippen molar-refractivity contribution in [2.45, 2.75) is 5.22 Å². The van der Waals surface area contributed by atoms with Gasteiger partial charge in [-0.15, -0.1) is 0 Å². The lowest BCUT2D eigenvalue weighted by Crippen LogP contribution is -2.13. The number of aromatic nitrogens is 3. The third-order valence-electron chi connectivity index (χ3n) is 4.18. The number of para-hydroxylation sites is 2. The molecule has 5 aromatic rings. The maximum Gasteiger partial charge on any atom is 0.257 e. The van der Waals surface area contributed by atoms with Gasteiger partial charge in [0.1, 0.15) is 20.9 Å². The van der Waals surface area contributed by atoms with Gasteiger partial charge in [0.05, 0.1) is 5.75 Å². The average Bonchev–Trinajstić information content (AvgIpc) is 3.36. The highest BCUT2D eigenvalue weighted by atomic mass is 32.2. The summed E-state index contributed by atoms with van der Waals surface area (Å²) in [5.74, 6) is 0.104. The van der Waals surface area contributed by atoms with Gasteiger partial charge in [-0.25, -0.2) is 15.0 Å². The van der Waals surface area contributed by atoms with Gasteiger partial charge in [-0.1, -0.05) is 35.2 Å². The van der Waals surface area contributed by atoms with Gasteiger partial charge in [0, 0.05) is 17.4 Å². The highest BCUT2D eigenvalue weighted by molar-refractivity contribution is 7.99. The molecule has 0 aliphatic carbocycles. The first kappa shape index (κ1) is 17.8. The van der Waals surface area contributed by atoms with E-state index in [4.69, 9.17) is 4.42 Å². The average molecular weight is 419 g/mol. The second-order valence-corrected chi connectivity index (χ2v) is 8.11. The number of hydrogen-bond donors (Lipinski definition) is 1. The number of thioether (sulfide) groups is 1. The summed E-state index contributed by atoms with van der Waals surface area (Å²) in [7, 11) is 0. The van der Waals surface area contributed by atoms with Gasteiger partial charge in [0.15, 0.2) is 5.58 Å². The van der Waals surface area contributed by atoms with Crippen LogP contribution in [-0.4, -0.2) is 26.6 Å². The number of nitrogens with one attached hydrogen (secondary N) is 1. The van der Waals surface area contributed by atoms with Crippen LogP contribution in [0.3, 0.4) is 0 Å². The van der Waals surface area contributed by atoms with E-state index in [0.717, 1.165) is 37.7 Å². The fourth-order valence-corrected chi connectivity index (χ4v) is 4.38. The summed E-state index contributed by atoms with van der Waals surface area (Å²) in [6.45, 7) is 0. The minimum atomic E-state index is -0.116. The lowest BCUT2D eigenvalue weighted by atomic mass is 10.2. The van der Waals surface area contributed by atoms with E-state index in [2.05, 4.69) is 20.3 Å². The first-order chi connectivity index (χ1) is 14.2. The summed E-state index contributed by atoms with van der Waals surface area (Å²) >= 11 is 2.82. The molecule has 6 nitrogen and oxygen atoms in total. The Morgan fingerprint density at radius 3 is 2.66 bits per heavy atom. The van der Waals surface area contributed by atoms with Gasteiger partial charge in [0.2, 0.25) is 5.91 Å². The largest absolute Gasteiger partial charge is 0.431 e. The highest BCUT2D eigenvalue weighted by Crippen LogP contribution is 2.29. The van der Waals surface area contributed by atoms with Crippen LogP contribution in [0, 0.1) is 0 Å². The summed E-state index contributed by atoms with van der Waals surface area (Å²) < 4.78 is 5.62. The van der Waals surface area contributed by atoms with Crippen LogP contribution >= 0.6 is 23.1 Å². The molecule has 3 heterocycles. The molecule has 29 heavy (non-hydrogen) atoms. The molecule has 0 unspecified atom stereocenters. The van der Waals surface area contributed by atoms with Crippen LogP contribution in [0.2, 0.25) is 0 Å². The molecule has 0 saturated heterocycles. The Kier molecular flexibility index (Phi) is 4.71. The predicted octanol–water partition coefficient (Wildman–Crippen LogP) is 5.23. The number of hydrogen-bond acceptors (Lipinski definition) is 7.